The molecular weight excluding hydrogens is 234 g/mol. The Morgan fingerprint density at radius 1 is 1.06 bits per heavy atom. The predicted octanol–water partition coefficient (Wildman–Crippen LogP) is -0.415. The smallest absolute Gasteiger partial charge is 0.299 e. The molecular formula is C13H30ClN3. The lowest BCUT2D eigenvalue weighted by molar-refractivity contribution is -0.827. The molecule has 0 aromatic heterocycles. The van der Waals surface area contributed by atoms with E-state index < -0.39 is 0 Å². The second kappa shape index (κ2) is 9.72. The van der Waals surface area contributed by atoms with Gasteiger partial charge >= 0.3 is 0 Å². The third-order valence-electron chi connectivity index (χ3n) is 3.09. The first kappa shape index (κ1) is 19.1. The third kappa shape index (κ3) is 6.27. The fourth-order valence-corrected chi connectivity index (χ4v) is 2.25. The van der Waals surface area contributed by atoms with Crippen LogP contribution in [-0.4, -0.2) is 56.6 Å². The highest BCUT2D eigenvalue weighted by Gasteiger charge is 2.29. The molecule has 0 rings (SSSR count). The second-order valence-electron chi connectivity index (χ2n) is 4.97. The minimum atomic E-state index is 0. The van der Waals surface area contributed by atoms with E-state index in [-0.39, 0.29) is 12.4 Å². The monoisotopic (exact) mass is 263 g/mol. The van der Waals surface area contributed by atoms with E-state index in [4.69, 9.17) is 0 Å². The first-order valence-electron chi connectivity index (χ1n) is 6.51. The average molecular weight is 264 g/mol. The maximum Gasteiger partial charge on any atom is 0.299 e. The Labute approximate surface area is 114 Å². The van der Waals surface area contributed by atoms with Crippen LogP contribution in [0.1, 0.15) is 39.5 Å². The standard InChI is InChI=1S/C13H30N3.ClH/c1-7-9-11-16(6,12-10-8-2)13(14-3)15(4)5;/h7-12H2,1-6H3;1H/q+1;/p-1. The van der Waals surface area contributed by atoms with E-state index in [1.165, 1.54) is 44.7 Å². The van der Waals surface area contributed by atoms with Crippen LogP contribution in [-0.2, 0) is 0 Å². The van der Waals surface area contributed by atoms with E-state index in [1.807, 2.05) is 7.05 Å². The molecule has 17 heavy (non-hydrogen) atoms. The molecule has 0 fully saturated rings. The van der Waals surface area contributed by atoms with Gasteiger partial charge in [0.15, 0.2) is 0 Å². The van der Waals surface area contributed by atoms with E-state index in [0.29, 0.717) is 0 Å². The van der Waals surface area contributed by atoms with Crippen LogP contribution in [0.4, 0.5) is 0 Å². The summed E-state index contributed by atoms with van der Waals surface area (Å²) in [6, 6.07) is 0. The minimum absolute atomic E-state index is 0. The highest BCUT2D eigenvalue weighted by atomic mass is 35.5. The van der Waals surface area contributed by atoms with Crippen LogP contribution in [0.5, 0.6) is 0 Å². The largest absolute Gasteiger partial charge is 1.00 e. The van der Waals surface area contributed by atoms with Crippen molar-refractivity contribution >= 4 is 5.96 Å². The molecule has 0 heterocycles. The maximum atomic E-state index is 4.48. The summed E-state index contributed by atoms with van der Waals surface area (Å²) in [7, 11) is 8.41. The molecule has 4 heteroatoms. The maximum absolute atomic E-state index is 4.48. The van der Waals surface area contributed by atoms with E-state index in [1.54, 1.807) is 0 Å². The number of guanidine groups is 1. The van der Waals surface area contributed by atoms with Gasteiger partial charge in [-0.1, -0.05) is 26.7 Å². The van der Waals surface area contributed by atoms with Gasteiger partial charge in [0.25, 0.3) is 5.96 Å². The summed E-state index contributed by atoms with van der Waals surface area (Å²) >= 11 is 0. The quantitative estimate of drug-likeness (QED) is 0.361. The van der Waals surface area contributed by atoms with Gasteiger partial charge in [-0.3, -0.25) is 4.48 Å². The highest BCUT2D eigenvalue weighted by Crippen LogP contribution is 2.12. The summed E-state index contributed by atoms with van der Waals surface area (Å²) < 4.78 is 0.977. The Hall–Kier alpha value is -0.280. The molecule has 0 spiro atoms. The van der Waals surface area contributed by atoms with E-state index in [9.17, 15) is 0 Å². The topological polar surface area (TPSA) is 15.6 Å². The van der Waals surface area contributed by atoms with Gasteiger partial charge in [0.2, 0.25) is 0 Å². The van der Waals surface area contributed by atoms with Gasteiger partial charge in [-0.25, -0.2) is 4.99 Å². The number of rotatable bonds is 6. The van der Waals surface area contributed by atoms with Crippen molar-refractivity contribution in [3.63, 3.8) is 0 Å². The van der Waals surface area contributed by atoms with Gasteiger partial charge in [-0.15, -0.1) is 0 Å². The molecule has 0 atom stereocenters. The van der Waals surface area contributed by atoms with Crippen molar-refractivity contribution in [3.8, 4) is 0 Å². The SMILES string of the molecule is CCCC[N+](C)(CCCC)C(=NC)N(C)C.[Cl-]. The number of unbranched alkanes of at least 4 members (excludes halogenated alkanes) is 2. The Balaban J connectivity index is 0. The molecule has 0 radical (unpaired) electrons. The Kier molecular flexibility index (Phi) is 10.9. The van der Waals surface area contributed by atoms with Crippen molar-refractivity contribution < 1.29 is 16.9 Å². The van der Waals surface area contributed by atoms with Gasteiger partial charge in [-0.05, 0) is 12.8 Å². The zero-order chi connectivity index (χ0) is 12.6. The van der Waals surface area contributed by atoms with Crippen LogP contribution in [0.3, 0.4) is 0 Å². The minimum Gasteiger partial charge on any atom is -1.00 e. The van der Waals surface area contributed by atoms with E-state index in [0.717, 1.165) is 4.48 Å². The summed E-state index contributed by atoms with van der Waals surface area (Å²) in [5.41, 5.74) is 0. The second-order valence-corrected chi connectivity index (χ2v) is 4.97. The van der Waals surface area contributed by atoms with Gasteiger partial charge in [0.05, 0.1) is 20.1 Å². The molecule has 0 unspecified atom stereocenters. The fourth-order valence-electron chi connectivity index (χ4n) is 2.25. The lowest BCUT2D eigenvalue weighted by atomic mass is 10.2. The average Bonchev–Trinajstić information content (AvgIpc) is 2.24. The molecule has 0 aromatic carbocycles. The van der Waals surface area contributed by atoms with Crippen LogP contribution in [0.15, 0.2) is 4.99 Å². The summed E-state index contributed by atoms with van der Waals surface area (Å²) in [5.74, 6) is 1.20. The van der Waals surface area contributed by atoms with Gasteiger partial charge in [0.1, 0.15) is 0 Å². The van der Waals surface area contributed by atoms with Crippen LogP contribution in [0, 0.1) is 0 Å². The lowest BCUT2D eigenvalue weighted by Crippen LogP contribution is -3.00. The number of quaternary nitrogens is 1. The van der Waals surface area contributed by atoms with E-state index >= 15 is 0 Å². The van der Waals surface area contributed by atoms with Crippen molar-refractivity contribution in [2.75, 3.05) is 41.3 Å². The van der Waals surface area contributed by atoms with Gasteiger partial charge in [-0.2, -0.15) is 0 Å². The molecule has 0 aromatic rings. The van der Waals surface area contributed by atoms with Crippen LogP contribution in [0.25, 0.3) is 0 Å². The molecule has 0 aliphatic carbocycles. The Bertz CT molecular complexity index is 207. The number of hydrogen-bond acceptors (Lipinski definition) is 1. The molecule has 104 valence electrons. The van der Waals surface area contributed by atoms with Crippen LogP contribution < -0.4 is 12.4 Å². The van der Waals surface area contributed by atoms with Crippen molar-refractivity contribution in [3.05, 3.63) is 0 Å². The van der Waals surface area contributed by atoms with Crippen LogP contribution >= 0.6 is 0 Å². The first-order valence-corrected chi connectivity index (χ1v) is 6.51. The van der Waals surface area contributed by atoms with Crippen molar-refractivity contribution in [2.45, 2.75) is 39.5 Å². The van der Waals surface area contributed by atoms with Gasteiger partial charge in [0, 0.05) is 21.1 Å². The number of aliphatic imine (C=N–C) groups is 1. The summed E-state index contributed by atoms with van der Waals surface area (Å²) in [4.78, 5) is 6.64. The number of hydrogen-bond donors (Lipinski definition) is 0. The van der Waals surface area contributed by atoms with Crippen molar-refractivity contribution in [1.82, 2.24) is 4.90 Å². The number of halogens is 1. The number of nitrogens with zero attached hydrogens (tertiary/aromatic N) is 3. The fraction of sp³-hybridized carbons (Fsp3) is 0.923. The zero-order valence-corrected chi connectivity index (χ0v) is 13.2. The van der Waals surface area contributed by atoms with Gasteiger partial charge < -0.3 is 17.3 Å². The van der Waals surface area contributed by atoms with Crippen LogP contribution in [0.2, 0.25) is 0 Å². The van der Waals surface area contributed by atoms with Crippen molar-refractivity contribution in [2.24, 2.45) is 4.99 Å². The summed E-state index contributed by atoms with van der Waals surface area (Å²) in [6.07, 6.45) is 5.05. The molecule has 0 saturated carbocycles. The molecule has 0 amide bonds. The first-order chi connectivity index (χ1) is 7.51. The lowest BCUT2D eigenvalue weighted by Gasteiger charge is -2.37. The van der Waals surface area contributed by atoms with E-state index in [2.05, 4.69) is 44.9 Å². The zero-order valence-electron chi connectivity index (χ0n) is 12.5. The molecule has 0 aliphatic heterocycles. The molecule has 3 nitrogen and oxygen atoms in total. The Morgan fingerprint density at radius 3 is 1.71 bits per heavy atom. The van der Waals surface area contributed by atoms with Crippen molar-refractivity contribution in [1.29, 1.82) is 0 Å². The summed E-state index contributed by atoms with van der Waals surface area (Å²) in [5, 5.41) is 0. The normalized spacial score (nSPS) is 12.2. The third-order valence-corrected chi connectivity index (χ3v) is 3.09. The molecule has 0 aliphatic rings. The predicted molar refractivity (Wildman–Crippen MR) is 72.8 cm³/mol. The Morgan fingerprint density at radius 2 is 1.47 bits per heavy atom. The highest BCUT2D eigenvalue weighted by molar-refractivity contribution is 5.72. The molecule has 0 saturated heterocycles. The molecule has 0 N–H and O–H groups in total. The summed E-state index contributed by atoms with van der Waals surface area (Å²) in [6.45, 7) is 6.90. The molecule has 0 bridgehead atoms.